The summed E-state index contributed by atoms with van der Waals surface area (Å²) >= 11 is 0. The molecule has 0 amide bonds. The van der Waals surface area contributed by atoms with E-state index < -0.39 is 0 Å². The van der Waals surface area contributed by atoms with E-state index in [1.54, 1.807) is 6.26 Å². The number of benzene rings is 1. The molecule has 0 aliphatic rings. The molecular weight excluding hydrogens is 192 g/mol. The summed E-state index contributed by atoms with van der Waals surface area (Å²) < 4.78 is 5.27. The Kier molecular flexibility index (Phi) is 1.39. The van der Waals surface area contributed by atoms with Crippen LogP contribution in [0.4, 0.5) is 11.8 Å². The SMILES string of the molecule is Nc1nc(N)c2c(ccc3occc32)n1. The first kappa shape index (κ1) is 8.05. The normalized spacial score (nSPS) is 11.2. The van der Waals surface area contributed by atoms with Gasteiger partial charge in [-0.3, -0.25) is 0 Å². The lowest BCUT2D eigenvalue weighted by Crippen LogP contribution is -2.00. The summed E-state index contributed by atoms with van der Waals surface area (Å²) in [5.74, 6) is 0.562. The average molecular weight is 200 g/mol. The minimum absolute atomic E-state index is 0.183. The number of nitrogens with two attached hydrogens (primary N) is 2. The fourth-order valence-electron chi connectivity index (χ4n) is 1.72. The van der Waals surface area contributed by atoms with E-state index >= 15 is 0 Å². The van der Waals surface area contributed by atoms with Crippen molar-refractivity contribution in [3.05, 3.63) is 24.5 Å². The Bertz CT molecular complexity index is 659. The lowest BCUT2D eigenvalue weighted by Gasteiger charge is -2.02. The largest absolute Gasteiger partial charge is 0.464 e. The molecule has 4 N–H and O–H groups in total. The third kappa shape index (κ3) is 1.03. The molecule has 3 aromatic rings. The first-order valence-corrected chi connectivity index (χ1v) is 4.44. The highest BCUT2D eigenvalue weighted by atomic mass is 16.3. The van der Waals surface area contributed by atoms with Crippen LogP contribution in [0.15, 0.2) is 28.9 Å². The lowest BCUT2D eigenvalue weighted by molar-refractivity contribution is 0.616. The second-order valence-corrected chi connectivity index (χ2v) is 3.26. The van der Waals surface area contributed by atoms with Gasteiger partial charge in [-0.05, 0) is 18.2 Å². The number of nitrogens with zero attached hydrogens (tertiary/aromatic N) is 2. The first-order valence-electron chi connectivity index (χ1n) is 4.44. The number of hydrogen-bond donors (Lipinski definition) is 2. The van der Waals surface area contributed by atoms with Crippen molar-refractivity contribution in [1.29, 1.82) is 0 Å². The number of aromatic nitrogens is 2. The van der Waals surface area contributed by atoms with Gasteiger partial charge in [0.15, 0.2) is 0 Å². The van der Waals surface area contributed by atoms with E-state index in [0.717, 1.165) is 21.9 Å². The van der Waals surface area contributed by atoms with E-state index in [0.29, 0.717) is 5.82 Å². The van der Waals surface area contributed by atoms with E-state index in [1.165, 1.54) is 0 Å². The number of anilines is 2. The summed E-state index contributed by atoms with van der Waals surface area (Å²) in [6, 6.07) is 5.49. The first-order chi connectivity index (χ1) is 7.25. The zero-order valence-electron chi connectivity index (χ0n) is 7.77. The van der Waals surface area contributed by atoms with Crippen LogP contribution in [0.2, 0.25) is 0 Å². The summed E-state index contributed by atoms with van der Waals surface area (Å²) in [5, 5.41) is 1.69. The van der Waals surface area contributed by atoms with Gasteiger partial charge in [0, 0.05) is 5.39 Å². The number of furan rings is 1. The van der Waals surface area contributed by atoms with Gasteiger partial charge in [0.25, 0.3) is 0 Å². The highest BCUT2D eigenvalue weighted by Gasteiger charge is 2.08. The molecule has 3 rings (SSSR count). The average Bonchev–Trinajstić information content (AvgIpc) is 2.63. The predicted octanol–water partition coefficient (Wildman–Crippen LogP) is 1.54. The quantitative estimate of drug-likeness (QED) is 0.574. The Morgan fingerprint density at radius 3 is 2.80 bits per heavy atom. The molecule has 0 fully saturated rings. The Morgan fingerprint density at radius 2 is 1.93 bits per heavy atom. The Morgan fingerprint density at radius 1 is 1.07 bits per heavy atom. The second-order valence-electron chi connectivity index (χ2n) is 3.26. The van der Waals surface area contributed by atoms with Crippen LogP contribution in [0.1, 0.15) is 0 Å². The van der Waals surface area contributed by atoms with Crippen molar-refractivity contribution in [3.63, 3.8) is 0 Å². The third-order valence-corrected chi connectivity index (χ3v) is 2.34. The van der Waals surface area contributed by atoms with Gasteiger partial charge < -0.3 is 15.9 Å². The molecule has 2 heterocycles. The molecule has 5 nitrogen and oxygen atoms in total. The van der Waals surface area contributed by atoms with Crippen molar-refractivity contribution in [1.82, 2.24) is 9.97 Å². The van der Waals surface area contributed by atoms with Crippen LogP contribution in [0.5, 0.6) is 0 Å². The van der Waals surface area contributed by atoms with Gasteiger partial charge in [0.05, 0.1) is 17.2 Å². The van der Waals surface area contributed by atoms with Crippen LogP contribution in [0, 0.1) is 0 Å². The molecule has 0 radical (unpaired) electrons. The Balaban J connectivity index is 2.62. The Labute approximate surface area is 84.7 Å². The molecular formula is C10H8N4O. The van der Waals surface area contributed by atoms with Crippen molar-refractivity contribution in [3.8, 4) is 0 Å². The topological polar surface area (TPSA) is 91.0 Å². The number of nitrogen functional groups attached to an aromatic ring is 2. The third-order valence-electron chi connectivity index (χ3n) is 2.34. The fourth-order valence-corrected chi connectivity index (χ4v) is 1.72. The van der Waals surface area contributed by atoms with E-state index in [4.69, 9.17) is 15.9 Å². The summed E-state index contributed by atoms with van der Waals surface area (Å²) in [4.78, 5) is 8.05. The molecule has 1 aromatic carbocycles. The summed E-state index contributed by atoms with van der Waals surface area (Å²) in [5.41, 5.74) is 12.8. The maximum atomic E-state index is 5.81. The molecule has 0 spiro atoms. The smallest absolute Gasteiger partial charge is 0.222 e. The molecule has 0 aliphatic carbocycles. The molecule has 5 heteroatoms. The Hall–Kier alpha value is -2.30. The summed E-state index contributed by atoms with van der Waals surface area (Å²) in [6.07, 6.45) is 1.61. The molecule has 74 valence electrons. The van der Waals surface area contributed by atoms with Crippen molar-refractivity contribution in [2.75, 3.05) is 11.5 Å². The van der Waals surface area contributed by atoms with E-state index in [9.17, 15) is 0 Å². The van der Waals surface area contributed by atoms with Gasteiger partial charge in [-0.2, -0.15) is 4.98 Å². The van der Waals surface area contributed by atoms with Crippen molar-refractivity contribution >= 4 is 33.6 Å². The zero-order chi connectivity index (χ0) is 10.4. The molecule has 0 bridgehead atoms. The van der Waals surface area contributed by atoms with Gasteiger partial charge >= 0.3 is 0 Å². The van der Waals surface area contributed by atoms with Crippen LogP contribution < -0.4 is 11.5 Å². The van der Waals surface area contributed by atoms with Crippen molar-refractivity contribution in [2.45, 2.75) is 0 Å². The second kappa shape index (κ2) is 2.60. The lowest BCUT2D eigenvalue weighted by atomic mass is 10.1. The monoisotopic (exact) mass is 200 g/mol. The molecule has 0 atom stereocenters. The molecule has 0 saturated carbocycles. The van der Waals surface area contributed by atoms with E-state index in [1.807, 2.05) is 18.2 Å². The van der Waals surface area contributed by atoms with Gasteiger partial charge in [-0.1, -0.05) is 0 Å². The van der Waals surface area contributed by atoms with Crippen LogP contribution in [0.25, 0.3) is 21.9 Å². The standard InChI is InChI=1S/C10H8N4O/c11-9-8-5-3-4-15-7(5)2-1-6(8)13-10(12)14-9/h1-4H,(H4,11,12,13,14). The fraction of sp³-hybridized carbons (Fsp3) is 0. The number of fused-ring (bicyclic) bond motifs is 3. The van der Waals surface area contributed by atoms with Gasteiger partial charge in [-0.25, -0.2) is 4.98 Å². The summed E-state index contributed by atoms with van der Waals surface area (Å²) in [6.45, 7) is 0. The number of hydrogen-bond acceptors (Lipinski definition) is 5. The minimum Gasteiger partial charge on any atom is -0.464 e. The predicted molar refractivity (Wildman–Crippen MR) is 58.1 cm³/mol. The van der Waals surface area contributed by atoms with Gasteiger partial charge in [0.1, 0.15) is 11.4 Å². The molecule has 0 unspecified atom stereocenters. The minimum atomic E-state index is 0.183. The zero-order valence-corrected chi connectivity index (χ0v) is 7.77. The van der Waals surface area contributed by atoms with Crippen molar-refractivity contribution < 1.29 is 4.42 Å². The maximum absolute atomic E-state index is 5.81. The van der Waals surface area contributed by atoms with Gasteiger partial charge in [-0.15, -0.1) is 0 Å². The van der Waals surface area contributed by atoms with E-state index in [-0.39, 0.29) is 5.95 Å². The molecule has 15 heavy (non-hydrogen) atoms. The van der Waals surface area contributed by atoms with Crippen LogP contribution in [-0.4, -0.2) is 9.97 Å². The molecule has 0 saturated heterocycles. The van der Waals surface area contributed by atoms with Crippen LogP contribution >= 0.6 is 0 Å². The van der Waals surface area contributed by atoms with Crippen LogP contribution in [0.3, 0.4) is 0 Å². The highest BCUT2D eigenvalue weighted by Crippen LogP contribution is 2.28. The molecule has 2 aromatic heterocycles. The van der Waals surface area contributed by atoms with Crippen molar-refractivity contribution in [2.24, 2.45) is 0 Å². The van der Waals surface area contributed by atoms with Crippen LogP contribution in [-0.2, 0) is 0 Å². The van der Waals surface area contributed by atoms with E-state index in [2.05, 4.69) is 9.97 Å². The summed E-state index contributed by atoms with van der Waals surface area (Å²) in [7, 11) is 0. The molecule has 0 aliphatic heterocycles. The number of rotatable bonds is 0. The maximum Gasteiger partial charge on any atom is 0.222 e. The highest BCUT2D eigenvalue weighted by molar-refractivity contribution is 6.09. The van der Waals surface area contributed by atoms with Gasteiger partial charge in [0.2, 0.25) is 5.95 Å².